The van der Waals surface area contributed by atoms with E-state index in [9.17, 15) is 18.4 Å². The minimum atomic E-state index is -0.902. The molecule has 0 saturated carbocycles. The Hall–Kier alpha value is -2.87. The lowest BCUT2D eigenvalue weighted by atomic mass is 10.2. The minimum absolute atomic E-state index is 0.0269. The van der Waals surface area contributed by atoms with Gasteiger partial charge in [-0.05, 0) is 30.7 Å². The van der Waals surface area contributed by atoms with E-state index in [0.29, 0.717) is 19.6 Å². The summed E-state index contributed by atoms with van der Waals surface area (Å²) in [6.45, 7) is 0.898. The zero-order valence-corrected chi connectivity index (χ0v) is 13.5. The standard InChI is InChI=1S/C17H17F2N3O3/c1-25-10-4-9-20-16(23)13-7-3-8-14(21-13)17(24)22-15-11(18)5-2-6-12(15)19/h2-3,5-8H,4,9-10H2,1H3,(H,20,23)(H,22,24). The Kier molecular flexibility index (Phi) is 6.53. The van der Waals surface area contributed by atoms with Crippen molar-refractivity contribution in [2.45, 2.75) is 6.42 Å². The number of amides is 2. The fourth-order valence-electron chi connectivity index (χ4n) is 1.99. The summed E-state index contributed by atoms with van der Waals surface area (Å²) < 4.78 is 32.0. The Labute approximate surface area is 143 Å². The van der Waals surface area contributed by atoms with Crippen LogP contribution in [-0.2, 0) is 4.74 Å². The molecule has 132 valence electrons. The average molecular weight is 349 g/mol. The Morgan fingerprint density at radius 2 is 1.64 bits per heavy atom. The zero-order chi connectivity index (χ0) is 18.2. The number of para-hydroxylation sites is 1. The first kappa shape index (κ1) is 18.5. The van der Waals surface area contributed by atoms with Gasteiger partial charge in [-0.1, -0.05) is 12.1 Å². The number of pyridine rings is 1. The number of nitrogens with one attached hydrogen (secondary N) is 2. The first-order valence-corrected chi connectivity index (χ1v) is 7.52. The molecule has 0 saturated heterocycles. The number of methoxy groups -OCH3 is 1. The van der Waals surface area contributed by atoms with E-state index in [4.69, 9.17) is 4.74 Å². The average Bonchev–Trinajstić information content (AvgIpc) is 2.61. The van der Waals surface area contributed by atoms with Crippen molar-refractivity contribution in [2.24, 2.45) is 0 Å². The van der Waals surface area contributed by atoms with Crippen molar-refractivity contribution in [3.8, 4) is 0 Å². The van der Waals surface area contributed by atoms with Crippen LogP contribution >= 0.6 is 0 Å². The summed E-state index contributed by atoms with van der Waals surface area (Å²) in [6, 6.07) is 7.48. The summed E-state index contributed by atoms with van der Waals surface area (Å²) in [5, 5.41) is 4.76. The number of anilines is 1. The third-order valence-corrected chi connectivity index (χ3v) is 3.23. The van der Waals surface area contributed by atoms with Crippen LogP contribution in [0, 0.1) is 11.6 Å². The van der Waals surface area contributed by atoms with Crippen LogP contribution in [0.25, 0.3) is 0 Å². The highest BCUT2D eigenvalue weighted by Gasteiger charge is 2.16. The molecule has 2 amide bonds. The van der Waals surface area contributed by atoms with E-state index < -0.39 is 29.1 Å². The van der Waals surface area contributed by atoms with E-state index in [0.717, 1.165) is 12.1 Å². The second-order valence-electron chi connectivity index (χ2n) is 5.06. The van der Waals surface area contributed by atoms with Gasteiger partial charge in [-0.2, -0.15) is 0 Å². The van der Waals surface area contributed by atoms with Crippen molar-refractivity contribution in [3.63, 3.8) is 0 Å². The molecule has 0 aliphatic rings. The Morgan fingerprint density at radius 1 is 1.04 bits per heavy atom. The van der Waals surface area contributed by atoms with Crippen molar-refractivity contribution in [1.29, 1.82) is 0 Å². The maximum atomic E-state index is 13.6. The summed E-state index contributed by atoms with van der Waals surface area (Å²) in [7, 11) is 1.56. The summed E-state index contributed by atoms with van der Waals surface area (Å²) in [5.74, 6) is -3.08. The fourth-order valence-corrected chi connectivity index (χ4v) is 1.99. The molecule has 0 fully saturated rings. The van der Waals surface area contributed by atoms with Gasteiger partial charge in [0.1, 0.15) is 28.7 Å². The van der Waals surface area contributed by atoms with Gasteiger partial charge in [-0.15, -0.1) is 0 Å². The molecular weight excluding hydrogens is 332 g/mol. The zero-order valence-electron chi connectivity index (χ0n) is 13.5. The van der Waals surface area contributed by atoms with E-state index in [2.05, 4.69) is 15.6 Å². The molecule has 1 aromatic carbocycles. The summed E-state index contributed by atoms with van der Waals surface area (Å²) in [5.41, 5.74) is -0.671. The highest BCUT2D eigenvalue weighted by molar-refractivity contribution is 6.04. The van der Waals surface area contributed by atoms with E-state index in [1.807, 2.05) is 0 Å². The summed E-state index contributed by atoms with van der Waals surface area (Å²) >= 11 is 0. The Bertz CT molecular complexity index is 748. The number of ether oxygens (including phenoxy) is 1. The molecule has 2 rings (SSSR count). The number of benzene rings is 1. The van der Waals surface area contributed by atoms with Gasteiger partial charge in [-0.25, -0.2) is 13.8 Å². The SMILES string of the molecule is COCCCNC(=O)c1cccc(C(=O)Nc2c(F)cccc2F)n1. The lowest BCUT2D eigenvalue weighted by Crippen LogP contribution is -2.27. The van der Waals surface area contributed by atoms with Crippen LogP contribution in [0.1, 0.15) is 27.4 Å². The van der Waals surface area contributed by atoms with Gasteiger partial charge < -0.3 is 15.4 Å². The number of carbonyl (C=O) groups is 2. The van der Waals surface area contributed by atoms with Crippen LogP contribution in [0.2, 0.25) is 0 Å². The number of hydrogen-bond acceptors (Lipinski definition) is 4. The minimum Gasteiger partial charge on any atom is -0.385 e. The monoisotopic (exact) mass is 349 g/mol. The highest BCUT2D eigenvalue weighted by Crippen LogP contribution is 2.18. The van der Waals surface area contributed by atoms with Gasteiger partial charge in [0, 0.05) is 20.3 Å². The van der Waals surface area contributed by atoms with Crippen LogP contribution in [0.15, 0.2) is 36.4 Å². The fraction of sp³-hybridized carbons (Fsp3) is 0.235. The summed E-state index contributed by atoms with van der Waals surface area (Å²) in [4.78, 5) is 28.0. The van der Waals surface area contributed by atoms with Crippen molar-refractivity contribution in [1.82, 2.24) is 10.3 Å². The maximum absolute atomic E-state index is 13.6. The lowest BCUT2D eigenvalue weighted by Gasteiger charge is -2.08. The molecule has 0 aliphatic heterocycles. The van der Waals surface area contributed by atoms with Crippen LogP contribution in [0.5, 0.6) is 0 Å². The second kappa shape index (κ2) is 8.84. The van der Waals surface area contributed by atoms with Gasteiger partial charge in [0.15, 0.2) is 0 Å². The smallest absolute Gasteiger partial charge is 0.274 e. The van der Waals surface area contributed by atoms with Gasteiger partial charge in [0.25, 0.3) is 11.8 Å². The van der Waals surface area contributed by atoms with Crippen molar-refractivity contribution in [2.75, 3.05) is 25.6 Å². The predicted octanol–water partition coefficient (Wildman–Crippen LogP) is 2.38. The molecule has 0 radical (unpaired) electrons. The predicted molar refractivity (Wildman–Crippen MR) is 87.4 cm³/mol. The van der Waals surface area contributed by atoms with E-state index in [-0.39, 0.29) is 11.4 Å². The van der Waals surface area contributed by atoms with E-state index in [1.54, 1.807) is 7.11 Å². The molecule has 0 spiro atoms. The second-order valence-corrected chi connectivity index (χ2v) is 5.06. The van der Waals surface area contributed by atoms with Crippen LogP contribution in [-0.4, -0.2) is 37.1 Å². The van der Waals surface area contributed by atoms with Crippen molar-refractivity contribution < 1.29 is 23.1 Å². The number of carbonyl (C=O) groups excluding carboxylic acids is 2. The van der Waals surface area contributed by atoms with Crippen LogP contribution in [0.4, 0.5) is 14.5 Å². The van der Waals surface area contributed by atoms with Crippen molar-refractivity contribution >= 4 is 17.5 Å². The Morgan fingerprint density at radius 3 is 2.28 bits per heavy atom. The van der Waals surface area contributed by atoms with Gasteiger partial charge >= 0.3 is 0 Å². The first-order chi connectivity index (χ1) is 12.0. The van der Waals surface area contributed by atoms with Crippen molar-refractivity contribution in [3.05, 3.63) is 59.4 Å². The third-order valence-electron chi connectivity index (χ3n) is 3.23. The van der Waals surface area contributed by atoms with Crippen LogP contribution < -0.4 is 10.6 Å². The van der Waals surface area contributed by atoms with Gasteiger partial charge in [0.2, 0.25) is 0 Å². The summed E-state index contributed by atoms with van der Waals surface area (Å²) in [6.07, 6.45) is 0.634. The Balaban J connectivity index is 2.07. The van der Waals surface area contributed by atoms with E-state index in [1.165, 1.54) is 24.3 Å². The molecule has 25 heavy (non-hydrogen) atoms. The number of aromatic nitrogens is 1. The topological polar surface area (TPSA) is 80.3 Å². The maximum Gasteiger partial charge on any atom is 0.274 e. The molecule has 0 bridgehead atoms. The molecule has 0 aliphatic carbocycles. The molecule has 8 heteroatoms. The van der Waals surface area contributed by atoms with Gasteiger partial charge in [-0.3, -0.25) is 9.59 Å². The largest absolute Gasteiger partial charge is 0.385 e. The quantitative estimate of drug-likeness (QED) is 0.752. The molecule has 2 N–H and O–H groups in total. The number of rotatable bonds is 7. The lowest BCUT2D eigenvalue weighted by molar-refractivity contribution is 0.0943. The normalized spacial score (nSPS) is 10.4. The molecular formula is C17H17F2N3O3. The number of nitrogens with zero attached hydrogens (tertiary/aromatic N) is 1. The molecule has 1 heterocycles. The third kappa shape index (κ3) is 5.05. The molecule has 2 aromatic rings. The molecule has 0 atom stereocenters. The number of hydrogen-bond donors (Lipinski definition) is 2. The van der Waals surface area contributed by atoms with Crippen LogP contribution in [0.3, 0.4) is 0 Å². The van der Waals surface area contributed by atoms with E-state index >= 15 is 0 Å². The van der Waals surface area contributed by atoms with Gasteiger partial charge in [0.05, 0.1) is 0 Å². The molecule has 1 aromatic heterocycles. The number of halogens is 2. The first-order valence-electron chi connectivity index (χ1n) is 7.52. The highest BCUT2D eigenvalue weighted by atomic mass is 19.1. The molecule has 0 unspecified atom stereocenters. The molecule has 6 nitrogen and oxygen atoms in total.